The molecule has 2 amide bonds. The van der Waals surface area contributed by atoms with Crippen molar-refractivity contribution >= 4 is 44.2 Å². The molecule has 2 N–H and O–H groups in total. The molecule has 1 heterocycles. The number of methoxy groups -OCH3 is 1. The van der Waals surface area contributed by atoms with E-state index in [4.69, 9.17) is 4.74 Å². The molecule has 0 bridgehead atoms. The number of carbonyl (C=O) groups excluding carboxylic acids is 2. The summed E-state index contributed by atoms with van der Waals surface area (Å²) >= 11 is 4.50. The number of thiazole rings is 1. The van der Waals surface area contributed by atoms with Gasteiger partial charge in [0.1, 0.15) is 0 Å². The number of benzene rings is 2. The fourth-order valence-electron chi connectivity index (χ4n) is 2.35. The number of ether oxygens (including phenoxy) is 1. The molecule has 0 aliphatic rings. The minimum absolute atomic E-state index is 0.147. The molecule has 0 saturated carbocycles. The Kier molecular flexibility index (Phi) is 6.37. The average molecular weight is 464 g/mol. The summed E-state index contributed by atoms with van der Waals surface area (Å²) in [5, 5.41) is 7.22. The van der Waals surface area contributed by atoms with E-state index in [-0.39, 0.29) is 18.2 Å². The van der Waals surface area contributed by atoms with E-state index in [9.17, 15) is 14.0 Å². The largest absolute Gasteiger partial charge is 0.494 e. The molecule has 0 fully saturated rings. The van der Waals surface area contributed by atoms with Gasteiger partial charge < -0.3 is 15.4 Å². The van der Waals surface area contributed by atoms with Crippen LogP contribution in [0, 0.1) is 5.82 Å². The van der Waals surface area contributed by atoms with Gasteiger partial charge in [-0.2, -0.15) is 0 Å². The van der Waals surface area contributed by atoms with E-state index in [2.05, 4.69) is 31.5 Å². The number of nitrogens with one attached hydrogen (secondary N) is 2. The number of halogens is 2. The molecular weight excluding hydrogens is 449 g/mol. The van der Waals surface area contributed by atoms with Gasteiger partial charge >= 0.3 is 0 Å². The second kappa shape index (κ2) is 8.94. The lowest BCUT2D eigenvalue weighted by Gasteiger charge is -2.05. The summed E-state index contributed by atoms with van der Waals surface area (Å²) in [6.07, 6.45) is 0. The van der Waals surface area contributed by atoms with E-state index in [1.165, 1.54) is 30.6 Å². The smallest absolute Gasteiger partial charge is 0.251 e. The summed E-state index contributed by atoms with van der Waals surface area (Å²) in [4.78, 5) is 28.4. The maximum absolute atomic E-state index is 13.8. The van der Waals surface area contributed by atoms with Crippen molar-refractivity contribution in [2.75, 3.05) is 19.0 Å². The molecule has 1 aromatic heterocycles. The zero-order valence-electron chi connectivity index (χ0n) is 14.7. The van der Waals surface area contributed by atoms with Crippen LogP contribution in [0.1, 0.15) is 10.4 Å². The van der Waals surface area contributed by atoms with Gasteiger partial charge in [-0.05, 0) is 36.4 Å². The molecule has 0 saturated heterocycles. The molecule has 6 nitrogen and oxygen atoms in total. The first-order chi connectivity index (χ1) is 13.5. The maximum Gasteiger partial charge on any atom is 0.251 e. The highest BCUT2D eigenvalue weighted by Crippen LogP contribution is 2.28. The maximum atomic E-state index is 13.8. The first-order valence-electron chi connectivity index (χ1n) is 8.09. The number of amides is 2. The predicted octanol–water partition coefficient (Wildman–Crippen LogP) is 4.09. The van der Waals surface area contributed by atoms with E-state index in [1.807, 2.05) is 0 Å². The minimum Gasteiger partial charge on any atom is -0.494 e. The summed E-state index contributed by atoms with van der Waals surface area (Å²) in [6.45, 7) is -0.197. The van der Waals surface area contributed by atoms with Crippen molar-refractivity contribution in [3.05, 3.63) is 63.7 Å². The molecule has 144 valence electrons. The number of hydrogen-bond donors (Lipinski definition) is 2. The number of hydrogen-bond acceptors (Lipinski definition) is 5. The Morgan fingerprint density at radius 1 is 1.25 bits per heavy atom. The molecule has 9 heteroatoms. The summed E-state index contributed by atoms with van der Waals surface area (Å²) in [5.74, 6) is -1.11. The van der Waals surface area contributed by atoms with Gasteiger partial charge in [0.25, 0.3) is 5.91 Å². The topological polar surface area (TPSA) is 80.3 Å². The molecule has 0 radical (unpaired) electrons. The van der Waals surface area contributed by atoms with Crippen LogP contribution < -0.4 is 15.4 Å². The lowest BCUT2D eigenvalue weighted by Crippen LogP contribution is -2.32. The van der Waals surface area contributed by atoms with Gasteiger partial charge in [0.05, 0.1) is 19.3 Å². The van der Waals surface area contributed by atoms with Gasteiger partial charge in [-0.1, -0.05) is 22.0 Å². The average Bonchev–Trinajstić information content (AvgIpc) is 3.14. The first-order valence-corrected chi connectivity index (χ1v) is 9.76. The third-order valence-electron chi connectivity index (χ3n) is 3.69. The van der Waals surface area contributed by atoms with Crippen molar-refractivity contribution in [2.45, 2.75) is 0 Å². The quantitative estimate of drug-likeness (QED) is 0.576. The predicted molar refractivity (Wildman–Crippen MR) is 109 cm³/mol. The summed E-state index contributed by atoms with van der Waals surface area (Å²) < 4.78 is 19.5. The van der Waals surface area contributed by atoms with Gasteiger partial charge in [0.15, 0.2) is 16.7 Å². The van der Waals surface area contributed by atoms with Crippen LogP contribution in [0.25, 0.3) is 11.3 Å². The van der Waals surface area contributed by atoms with Crippen molar-refractivity contribution in [2.24, 2.45) is 0 Å². The number of aromatic nitrogens is 1. The van der Waals surface area contributed by atoms with Crippen LogP contribution >= 0.6 is 27.3 Å². The SMILES string of the molecule is COc1ccc(-c2csc(NC(=O)CNC(=O)c3cccc(Br)c3)n2)cc1F. The van der Waals surface area contributed by atoms with Gasteiger partial charge in [0.2, 0.25) is 5.91 Å². The lowest BCUT2D eigenvalue weighted by atomic mass is 10.1. The van der Waals surface area contributed by atoms with Crippen LogP contribution in [0.15, 0.2) is 52.3 Å². The van der Waals surface area contributed by atoms with Crippen molar-refractivity contribution in [3.8, 4) is 17.0 Å². The molecule has 2 aromatic carbocycles. The van der Waals surface area contributed by atoms with Crippen LogP contribution in [-0.2, 0) is 4.79 Å². The van der Waals surface area contributed by atoms with Crippen LogP contribution in [0.4, 0.5) is 9.52 Å². The van der Waals surface area contributed by atoms with E-state index >= 15 is 0 Å². The second-order valence-corrected chi connectivity index (χ2v) is 7.40. The molecule has 0 aliphatic heterocycles. The monoisotopic (exact) mass is 463 g/mol. The molecule has 0 aliphatic carbocycles. The van der Waals surface area contributed by atoms with Crippen LogP contribution in [0.3, 0.4) is 0 Å². The van der Waals surface area contributed by atoms with E-state index in [0.29, 0.717) is 22.0 Å². The molecule has 0 unspecified atom stereocenters. The Morgan fingerprint density at radius 3 is 2.79 bits per heavy atom. The first kappa shape index (κ1) is 20.0. The lowest BCUT2D eigenvalue weighted by molar-refractivity contribution is -0.115. The Hall–Kier alpha value is -2.78. The van der Waals surface area contributed by atoms with Crippen LogP contribution in [0.5, 0.6) is 5.75 Å². The third-order valence-corrected chi connectivity index (χ3v) is 4.95. The summed E-state index contributed by atoms with van der Waals surface area (Å²) in [6, 6.07) is 11.4. The second-order valence-electron chi connectivity index (χ2n) is 5.63. The van der Waals surface area contributed by atoms with Crippen LogP contribution in [0.2, 0.25) is 0 Å². The molecule has 0 atom stereocenters. The van der Waals surface area contributed by atoms with Gasteiger partial charge in [0, 0.05) is 21.0 Å². The highest BCUT2D eigenvalue weighted by molar-refractivity contribution is 9.10. The zero-order valence-corrected chi connectivity index (χ0v) is 17.1. The van der Waals surface area contributed by atoms with Gasteiger partial charge in [-0.15, -0.1) is 11.3 Å². The number of rotatable bonds is 6. The zero-order chi connectivity index (χ0) is 20.1. The molecular formula is C19H15BrFN3O3S. The summed E-state index contributed by atoms with van der Waals surface area (Å²) in [7, 11) is 1.39. The summed E-state index contributed by atoms with van der Waals surface area (Å²) in [5.41, 5.74) is 1.54. The van der Waals surface area contributed by atoms with Crippen molar-refractivity contribution in [1.29, 1.82) is 0 Å². The number of anilines is 1. The van der Waals surface area contributed by atoms with Crippen molar-refractivity contribution in [1.82, 2.24) is 10.3 Å². The Morgan fingerprint density at radius 2 is 2.07 bits per heavy atom. The van der Waals surface area contributed by atoms with E-state index in [1.54, 1.807) is 35.7 Å². The van der Waals surface area contributed by atoms with E-state index in [0.717, 1.165) is 4.47 Å². The standard InChI is InChI=1S/C19H15BrFN3O3S/c1-27-16-6-5-11(8-14(16)21)15-10-28-19(23-15)24-17(25)9-22-18(26)12-3-2-4-13(20)7-12/h2-8,10H,9H2,1H3,(H,22,26)(H,23,24,25). The Bertz CT molecular complexity index is 1030. The molecule has 28 heavy (non-hydrogen) atoms. The van der Waals surface area contributed by atoms with Gasteiger partial charge in [-0.3, -0.25) is 9.59 Å². The highest BCUT2D eigenvalue weighted by atomic mass is 79.9. The Labute approximate surface area is 172 Å². The molecule has 0 spiro atoms. The number of nitrogens with zero attached hydrogens (tertiary/aromatic N) is 1. The molecule has 3 rings (SSSR count). The van der Waals surface area contributed by atoms with Gasteiger partial charge in [-0.25, -0.2) is 9.37 Å². The van der Waals surface area contributed by atoms with E-state index < -0.39 is 11.7 Å². The highest BCUT2D eigenvalue weighted by Gasteiger charge is 2.12. The molecule has 3 aromatic rings. The van der Waals surface area contributed by atoms with Crippen LogP contribution in [-0.4, -0.2) is 30.5 Å². The Balaban J connectivity index is 1.58. The van der Waals surface area contributed by atoms with Crippen molar-refractivity contribution in [3.63, 3.8) is 0 Å². The minimum atomic E-state index is -0.492. The normalized spacial score (nSPS) is 10.4. The fourth-order valence-corrected chi connectivity index (χ4v) is 3.48. The third kappa shape index (κ3) is 4.93. The fraction of sp³-hybridized carbons (Fsp3) is 0.105. The number of carbonyl (C=O) groups is 2. The van der Waals surface area contributed by atoms with Crippen molar-refractivity contribution < 1.29 is 18.7 Å².